The summed E-state index contributed by atoms with van der Waals surface area (Å²) in [4.78, 5) is 24.5. The summed E-state index contributed by atoms with van der Waals surface area (Å²) in [6.07, 6.45) is -4.22. The van der Waals surface area contributed by atoms with Gasteiger partial charge in [-0.05, 0) is 38.1 Å². The van der Waals surface area contributed by atoms with E-state index in [0.717, 1.165) is 19.5 Å². The minimum atomic E-state index is -5.08. The van der Waals surface area contributed by atoms with Crippen LogP contribution in [0.4, 0.5) is 13.2 Å². The number of ether oxygens (including phenoxy) is 1. The van der Waals surface area contributed by atoms with Crippen molar-refractivity contribution >= 4 is 43.6 Å². The highest BCUT2D eigenvalue weighted by Crippen LogP contribution is 2.36. The lowest BCUT2D eigenvalue weighted by Gasteiger charge is -2.20. The van der Waals surface area contributed by atoms with Crippen LogP contribution in [0.2, 0.25) is 0 Å². The number of hydrogen-bond donors (Lipinski definition) is 2. The van der Waals surface area contributed by atoms with E-state index in [1.807, 2.05) is 35.2 Å². The number of carbonyl (C=O) groups is 2. The lowest BCUT2D eigenvalue weighted by molar-refractivity contribution is -0.192. The number of hydrogen-bond acceptors (Lipinski definition) is 6. The molecule has 0 atom stereocenters. The van der Waals surface area contributed by atoms with E-state index in [0.29, 0.717) is 51.8 Å². The molecule has 1 aliphatic heterocycles. The largest absolute Gasteiger partial charge is 0.496 e. The minimum absolute atomic E-state index is 0.133. The molecule has 0 spiro atoms. The van der Waals surface area contributed by atoms with Crippen LogP contribution in [0.15, 0.2) is 65.6 Å². The van der Waals surface area contributed by atoms with Crippen LogP contribution in [0, 0.1) is 6.92 Å². The highest BCUT2D eigenvalue weighted by molar-refractivity contribution is 7.90. The van der Waals surface area contributed by atoms with Crippen molar-refractivity contribution in [3.8, 4) is 5.75 Å². The molecule has 1 amide bonds. The van der Waals surface area contributed by atoms with Gasteiger partial charge in [0.05, 0.1) is 23.1 Å². The number of para-hydroxylation sites is 1. The third-order valence-electron chi connectivity index (χ3n) is 6.72. The molecule has 4 aromatic rings. The van der Waals surface area contributed by atoms with E-state index in [1.165, 1.54) is 3.97 Å². The van der Waals surface area contributed by atoms with Crippen molar-refractivity contribution in [2.45, 2.75) is 24.4 Å². The third-order valence-corrected chi connectivity index (χ3v) is 8.59. The Morgan fingerprint density at radius 2 is 1.54 bits per heavy atom. The number of alkyl halides is 3. The summed E-state index contributed by atoms with van der Waals surface area (Å²) in [5, 5.41) is 12.4. The molecule has 2 N–H and O–H groups in total. The number of aromatic nitrogens is 1. The van der Waals surface area contributed by atoms with Crippen LogP contribution in [-0.4, -0.2) is 73.7 Å². The Hall–Kier alpha value is -4.10. The Bertz CT molecular complexity index is 1710. The summed E-state index contributed by atoms with van der Waals surface area (Å²) in [6.45, 7) is 4.53. The van der Waals surface area contributed by atoms with Gasteiger partial charge in [-0.15, -0.1) is 0 Å². The van der Waals surface area contributed by atoms with Gasteiger partial charge in [0.15, 0.2) is 0 Å². The van der Waals surface area contributed by atoms with Crippen LogP contribution in [0.25, 0.3) is 21.7 Å². The van der Waals surface area contributed by atoms with Gasteiger partial charge in [-0.25, -0.2) is 17.2 Å². The number of halogens is 3. The van der Waals surface area contributed by atoms with Crippen molar-refractivity contribution in [3.63, 3.8) is 0 Å². The Labute approximate surface area is 234 Å². The molecule has 13 heteroatoms. The maximum absolute atomic E-state index is 14.1. The van der Waals surface area contributed by atoms with Crippen molar-refractivity contribution in [1.29, 1.82) is 0 Å². The van der Waals surface area contributed by atoms with E-state index < -0.39 is 22.2 Å². The summed E-state index contributed by atoms with van der Waals surface area (Å²) >= 11 is 0. The predicted octanol–water partition coefficient (Wildman–Crippen LogP) is 4.42. The lowest BCUT2D eigenvalue weighted by atomic mass is 10.1. The number of rotatable bonds is 4. The maximum Gasteiger partial charge on any atom is 0.490 e. The summed E-state index contributed by atoms with van der Waals surface area (Å²) in [5.74, 6) is -2.28. The van der Waals surface area contributed by atoms with Gasteiger partial charge < -0.3 is 20.1 Å². The topological polar surface area (TPSA) is 118 Å². The summed E-state index contributed by atoms with van der Waals surface area (Å²) < 4.78 is 66.8. The molecule has 1 saturated heterocycles. The fraction of sp³-hybridized carbons (Fsp3) is 0.286. The standard InChI is InChI=1S/C26H27N3O4S.C2HF3O2/c1-18-25(26(30)28-16-7-14-27-15-17-28)21-10-5-6-11-22(21)29(18)34(31,32)24-13-12-23(33-2)19-8-3-4-9-20(19)24;3-2(4,5)1(6)7/h3-6,8-13,27H,7,14-17H2,1-2H3;(H,6,7). The molecule has 1 aromatic heterocycles. The zero-order valence-corrected chi connectivity index (χ0v) is 23.1. The van der Waals surface area contributed by atoms with Gasteiger partial charge in [-0.3, -0.25) is 4.79 Å². The normalized spacial score (nSPS) is 14.3. The van der Waals surface area contributed by atoms with Crippen LogP contribution < -0.4 is 10.1 Å². The van der Waals surface area contributed by atoms with Crippen molar-refractivity contribution in [1.82, 2.24) is 14.2 Å². The molecule has 218 valence electrons. The highest BCUT2D eigenvalue weighted by atomic mass is 32.2. The fourth-order valence-electron chi connectivity index (χ4n) is 4.87. The SMILES string of the molecule is COc1ccc(S(=O)(=O)n2c(C)c(C(=O)N3CCCNCC3)c3ccccc32)c2ccccc12.O=C(O)C(F)(F)F. The Balaban J connectivity index is 0.000000493. The van der Waals surface area contributed by atoms with Crippen LogP contribution >= 0.6 is 0 Å². The number of nitrogens with zero attached hydrogens (tertiary/aromatic N) is 2. The van der Waals surface area contributed by atoms with E-state index in [-0.39, 0.29) is 10.8 Å². The average Bonchev–Trinajstić information content (AvgIpc) is 3.07. The number of methoxy groups -OCH3 is 1. The monoisotopic (exact) mass is 591 g/mol. The van der Waals surface area contributed by atoms with Crippen LogP contribution in [0.3, 0.4) is 0 Å². The number of benzene rings is 3. The number of amides is 1. The fourth-order valence-corrected chi connectivity index (χ4v) is 6.63. The van der Waals surface area contributed by atoms with Gasteiger partial charge >= 0.3 is 12.1 Å². The van der Waals surface area contributed by atoms with E-state index in [2.05, 4.69) is 5.32 Å². The predicted molar refractivity (Wildman–Crippen MR) is 147 cm³/mol. The molecule has 0 aliphatic carbocycles. The quantitative estimate of drug-likeness (QED) is 0.361. The molecule has 5 rings (SSSR count). The number of nitrogens with one attached hydrogen (secondary N) is 1. The number of fused-ring (bicyclic) bond motifs is 2. The van der Waals surface area contributed by atoms with Crippen LogP contribution in [0.1, 0.15) is 22.5 Å². The second-order valence-corrected chi connectivity index (χ2v) is 11.0. The molecule has 0 radical (unpaired) electrons. The summed E-state index contributed by atoms with van der Waals surface area (Å²) in [6, 6.07) is 17.7. The minimum Gasteiger partial charge on any atom is -0.496 e. The van der Waals surface area contributed by atoms with E-state index in [9.17, 15) is 26.4 Å². The molecule has 3 aromatic carbocycles. The number of carboxylic acids is 1. The molecule has 0 bridgehead atoms. The van der Waals surface area contributed by atoms with Gasteiger partial charge in [0.1, 0.15) is 5.75 Å². The molecular weight excluding hydrogens is 563 g/mol. The van der Waals surface area contributed by atoms with Gasteiger partial charge in [0, 0.05) is 41.5 Å². The molecule has 1 aliphatic rings. The first-order valence-electron chi connectivity index (χ1n) is 12.6. The third kappa shape index (κ3) is 5.86. The Morgan fingerprint density at radius 1 is 0.927 bits per heavy atom. The first-order valence-corrected chi connectivity index (χ1v) is 14.0. The molecule has 1 fully saturated rings. The zero-order chi connectivity index (χ0) is 29.9. The van der Waals surface area contributed by atoms with Crippen molar-refractivity contribution in [3.05, 3.63) is 71.9 Å². The van der Waals surface area contributed by atoms with Crippen molar-refractivity contribution < 1.29 is 41.0 Å². The lowest BCUT2D eigenvalue weighted by Crippen LogP contribution is -2.34. The van der Waals surface area contributed by atoms with Crippen LogP contribution in [-0.2, 0) is 14.8 Å². The number of carboxylic acid groups (broad SMARTS) is 1. The molecular formula is C28H28F3N3O6S. The molecule has 0 unspecified atom stereocenters. The van der Waals surface area contributed by atoms with Crippen LogP contribution in [0.5, 0.6) is 5.75 Å². The van der Waals surface area contributed by atoms with Crippen molar-refractivity contribution in [2.24, 2.45) is 0 Å². The average molecular weight is 592 g/mol. The highest BCUT2D eigenvalue weighted by Gasteiger charge is 2.38. The number of carbonyl (C=O) groups excluding carboxylic acids is 1. The first kappa shape index (κ1) is 29.9. The molecule has 9 nitrogen and oxygen atoms in total. The maximum atomic E-state index is 14.1. The van der Waals surface area contributed by atoms with E-state index in [1.54, 1.807) is 44.4 Å². The number of aliphatic carboxylic acids is 1. The summed E-state index contributed by atoms with van der Waals surface area (Å²) in [7, 11) is -2.46. The van der Waals surface area contributed by atoms with Crippen molar-refractivity contribution in [2.75, 3.05) is 33.3 Å². The first-order chi connectivity index (χ1) is 19.4. The van der Waals surface area contributed by atoms with Gasteiger partial charge in [0.25, 0.3) is 15.9 Å². The van der Waals surface area contributed by atoms with Gasteiger partial charge in [-0.2, -0.15) is 13.2 Å². The van der Waals surface area contributed by atoms with E-state index >= 15 is 0 Å². The molecule has 41 heavy (non-hydrogen) atoms. The zero-order valence-electron chi connectivity index (χ0n) is 22.2. The Kier molecular flexibility index (Phi) is 8.59. The second kappa shape index (κ2) is 11.8. The van der Waals surface area contributed by atoms with Gasteiger partial charge in [-0.1, -0.05) is 42.5 Å². The Morgan fingerprint density at radius 3 is 2.17 bits per heavy atom. The smallest absolute Gasteiger partial charge is 0.490 e. The van der Waals surface area contributed by atoms with E-state index in [4.69, 9.17) is 14.6 Å². The van der Waals surface area contributed by atoms with Gasteiger partial charge in [0.2, 0.25) is 0 Å². The summed E-state index contributed by atoms with van der Waals surface area (Å²) in [5.41, 5.74) is 1.36. The molecule has 0 saturated carbocycles. The second-order valence-electron chi connectivity index (χ2n) is 9.26. The molecule has 2 heterocycles.